The van der Waals surface area contributed by atoms with E-state index in [1.807, 2.05) is 24.4 Å². The average Bonchev–Trinajstić information content (AvgIpc) is 3.00. The third kappa shape index (κ3) is 4.32. The summed E-state index contributed by atoms with van der Waals surface area (Å²) in [5.74, 6) is -0.0500. The van der Waals surface area contributed by atoms with E-state index in [0.29, 0.717) is 16.3 Å². The molecule has 0 saturated carbocycles. The number of hydrogen-bond acceptors (Lipinski definition) is 4. The lowest BCUT2D eigenvalue weighted by Gasteiger charge is -2.14. The molecular weight excluding hydrogens is 322 g/mol. The first-order valence-electron chi connectivity index (χ1n) is 6.73. The summed E-state index contributed by atoms with van der Waals surface area (Å²) in [4.78, 5) is 24.6. The van der Waals surface area contributed by atoms with Crippen LogP contribution >= 0.6 is 22.9 Å². The van der Waals surface area contributed by atoms with Crippen molar-refractivity contribution in [3.8, 4) is 5.75 Å². The number of carbonyl (C=O) groups excluding carboxylic acids is 2. The van der Waals surface area contributed by atoms with Crippen molar-refractivity contribution in [1.29, 1.82) is 0 Å². The Morgan fingerprint density at radius 3 is 2.77 bits per heavy atom. The fraction of sp³-hybridized carbons (Fsp3) is 0.250. The van der Waals surface area contributed by atoms with Crippen LogP contribution in [0.15, 0.2) is 35.7 Å². The van der Waals surface area contributed by atoms with Crippen LogP contribution in [0.2, 0.25) is 5.02 Å². The van der Waals surface area contributed by atoms with Gasteiger partial charge >= 0.3 is 0 Å². The number of hydrogen-bond donors (Lipinski definition) is 1. The van der Waals surface area contributed by atoms with Gasteiger partial charge in [-0.2, -0.15) is 0 Å². The zero-order valence-electron chi connectivity index (χ0n) is 12.3. The molecule has 0 radical (unpaired) electrons. The number of thiophene rings is 1. The summed E-state index contributed by atoms with van der Waals surface area (Å²) in [6, 6.07) is 8.57. The number of benzene rings is 1. The molecule has 1 atom stereocenters. The normalized spacial score (nSPS) is 11.8. The molecule has 1 amide bonds. The quantitative estimate of drug-likeness (QED) is 0.814. The fourth-order valence-electron chi connectivity index (χ4n) is 1.94. The molecule has 1 N–H and O–H groups in total. The predicted molar refractivity (Wildman–Crippen MR) is 87.8 cm³/mol. The van der Waals surface area contributed by atoms with Gasteiger partial charge in [-0.15, -0.1) is 11.3 Å². The Labute approximate surface area is 138 Å². The summed E-state index contributed by atoms with van der Waals surface area (Å²) in [6.45, 7) is 3.18. The van der Waals surface area contributed by atoms with Gasteiger partial charge in [0.1, 0.15) is 5.75 Å². The summed E-state index contributed by atoms with van der Waals surface area (Å²) >= 11 is 7.44. The second kappa shape index (κ2) is 7.42. The molecule has 0 aliphatic heterocycles. The van der Waals surface area contributed by atoms with Gasteiger partial charge in [-0.05, 0) is 43.5 Å². The number of ketones is 1. The van der Waals surface area contributed by atoms with Gasteiger partial charge in [0.05, 0.1) is 11.6 Å². The van der Waals surface area contributed by atoms with Crippen molar-refractivity contribution < 1.29 is 14.3 Å². The van der Waals surface area contributed by atoms with Gasteiger partial charge in [0.15, 0.2) is 12.4 Å². The Hall–Kier alpha value is -1.85. The van der Waals surface area contributed by atoms with E-state index in [0.717, 1.165) is 4.88 Å². The van der Waals surface area contributed by atoms with Crippen LogP contribution in [-0.2, 0) is 4.79 Å². The molecular formula is C16H16ClNO3S. The van der Waals surface area contributed by atoms with E-state index >= 15 is 0 Å². The largest absolute Gasteiger partial charge is 0.483 e. The number of amides is 1. The van der Waals surface area contributed by atoms with Crippen molar-refractivity contribution in [2.75, 3.05) is 6.61 Å². The second-order valence-electron chi connectivity index (χ2n) is 4.79. The molecule has 6 heteroatoms. The topological polar surface area (TPSA) is 55.4 Å². The number of halogens is 1. The lowest BCUT2D eigenvalue weighted by molar-refractivity contribution is -0.123. The van der Waals surface area contributed by atoms with Gasteiger partial charge in [0, 0.05) is 9.90 Å². The molecule has 2 aromatic rings. The van der Waals surface area contributed by atoms with Gasteiger partial charge < -0.3 is 10.1 Å². The van der Waals surface area contributed by atoms with Crippen molar-refractivity contribution in [3.05, 3.63) is 51.2 Å². The zero-order valence-corrected chi connectivity index (χ0v) is 13.8. The van der Waals surface area contributed by atoms with Crippen LogP contribution in [0, 0.1) is 0 Å². The molecule has 1 aromatic heterocycles. The molecule has 0 aliphatic rings. The molecule has 0 unspecified atom stereocenters. The van der Waals surface area contributed by atoms with Gasteiger partial charge in [-0.3, -0.25) is 9.59 Å². The molecule has 0 spiro atoms. The van der Waals surface area contributed by atoms with E-state index < -0.39 is 0 Å². The number of rotatable bonds is 6. The van der Waals surface area contributed by atoms with Crippen molar-refractivity contribution in [3.63, 3.8) is 0 Å². The Morgan fingerprint density at radius 1 is 1.36 bits per heavy atom. The highest BCUT2D eigenvalue weighted by Gasteiger charge is 2.13. The molecule has 1 heterocycles. The SMILES string of the molecule is CC(=O)c1cc(Cl)ccc1OCC(=O)N[C@H](C)c1cccs1. The highest BCUT2D eigenvalue weighted by Crippen LogP contribution is 2.23. The van der Waals surface area contributed by atoms with E-state index in [9.17, 15) is 9.59 Å². The molecule has 1 aromatic carbocycles. The van der Waals surface area contributed by atoms with Crippen LogP contribution in [-0.4, -0.2) is 18.3 Å². The molecule has 0 aliphatic carbocycles. The lowest BCUT2D eigenvalue weighted by atomic mass is 10.1. The Balaban J connectivity index is 1.95. The minimum atomic E-state index is -0.245. The second-order valence-corrected chi connectivity index (χ2v) is 6.21. The van der Waals surface area contributed by atoms with Crippen LogP contribution in [0.3, 0.4) is 0 Å². The highest BCUT2D eigenvalue weighted by atomic mass is 35.5. The van der Waals surface area contributed by atoms with Crippen LogP contribution in [0.4, 0.5) is 0 Å². The number of ether oxygens (including phenoxy) is 1. The number of nitrogens with one attached hydrogen (secondary N) is 1. The summed E-state index contributed by atoms with van der Waals surface area (Å²) < 4.78 is 5.45. The third-order valence-electron chi connectivity index (χ3n) is 3.03. The van der Waals surface area contributed by atoms with Crippen molar-refractivity contribution in [2.45, 2.75) is 19.9 Å². The van der Waals surface area contributed by atoms with Crippen LogP contribution < -0.4 is 10.1 Å². The van der Waals surface area contributed by atoms with E-state index in [1.165, 1.54) is 13.0 Å². The lowest BCUT2D eigenvalue weighted by Crippen LogP contribution is -2.31. The fourth-order valence-corrected chi connectivity index (χ4v) is 2.84. The van der Waals surface area contributed by atoms with Crippen LogP contribution in [0.1, 0.15) is 35.1 Å². The molecule has 22 heavy (non-hydrogen) atoms. The van der Waals surface area contributed by atoms with Crippen molar-refractivity contribution >= 4 is 34.6 Å². The van der Waals surface area contributed by atoms with Gasteiger partial charge in [0.2, 0.25) is 0 Å². The minimum Gasteiger partial charge on any atom is -0.483 e. The maximum absolute atomic E-state index is 11.9. The highest BCUT2D eigenvalue weighted by molar-refractivity contribution is 7.10. The molecule has 4 nitrogen and oxygen atoms in total. The summed E-state index contributed by atoms with van der Waals surface area (Å²) in [5, 5.41) is 5.26. The first kappa shape index (κ1) is 16.5. The van der Waals surface area contributed by atoms with Gasteiger partial charge in [-0.1, -0.05) is 17.7 Å². The smallest absolute Gasteiger partial charge is 0.258 e. The number of carbonyl (C=O) groups is 2. The van der Waals surface area contributed by atoms with Crippen LogP contribution in [0.5, 0.6) is 5.75 Å². The van der Waals surface area contributed by atoms with Crippen molar-refractivity contribution in [1.82, 2.24) is 5.32 Å². The first-order valence-corrected chi connectivity index (χ1v) is 7.99. The molecule has 2 rings (SSSR count). The van der Waals surface area contributed by atoms with E-state index in [2.05, 4.69) is 5.32 Å². The molecule has 0 fully saturated rings. The summed E-state index contributed by atoms with van der Waals surface area (Å²) in [6.07, 6.45) is 0. The van der Waals surface area contributed by atoms with E-state index in [4.69, 9.17) is 16.3 Å². The minimum absolute atomic E-state index is 0.0754. The summed E-state index contributed by atoms with van der Waals surface area (Å²) in [7, 11) is 0. The Bertz CT molecular complexity index is 670. The number of Topliss-reactive ketones (excluding diaryl/α,β-unsaturated/α-hetero) is 1. The summed E-state index contributed by atoms with van der Waals surface area (Å²) in [5.41, 5.74) is 0.367. The average molecular weight is 338 g/mol. The van der Waals surface area contributed by atoms with Gasteiger partial charge in [0.25, 0.3) is 5.91 Å². The molecule has 0 bridgehead atoms. The molecule has 0 saturated heterocycles. The molecule has 116 valence electrons. The maximum atomic E-state index is 11.9. The maximum Gasteiger partial charge on any atom is 0.258 e. The van der Waals surface area contributed by atoms with Crippen molar-refractivity contribution in [2.24, 2.45) is 0 Å². The van der Waals surface area contributed by atoms with Crippen LogP contribution in [0.25, 0.3) is 0 Å². The first-order chi connectivity index (χ1) is 10.5. The standard InChI is InChI=1S/C16H16ClNO3S/c1-10(15-4-3-7-22-15)18-16(20)9-21-14-6-5-12(17)8-13(14)11(2)19/h3-8,10H,9H2,1-2H3,(H,18,20)/t10-/m1/s1. The Morgan fingerprint density at radius 2 is 2.14 bits per heavy atom. The van der Waals surface area contributed by atoms with E-state index in [1.54, 1.807) is 23.5 Å². The van der Waals surface area contributed by atoms with Gasteiger partial charge in [-0.25, -0.2) is 0 Å². The third-order valence-corrected chi connectivity index (χ3v) is 4.32. The monoisotopic (exact) mass is 337 g/mol. The zero-order chi connectivity index (χ0) is 16.1. The van der Waals surface area contributed by atoms with E-state index in [-0.39, 0.29) is 24.3 Å². The Kier molecular flexibility index (Phi) is 5.57. The predicted octanol–water partition coefficient (Wildman–Crippen LogP) is 3.86.